The highest BCUT2D eigenvalue weighted by Crippen LogP contribution is 2.12. The summed E-state index contributed by atoms with van der Waals surface area (Å²) in [5.74, 6) is 0.868. The Morgan fingerprint density at radius 2 is 2.15 bits per heavy atom. The summed E-state index contributed by atoms with van der Waals surface area (Å²) in [6.07, 6.45) is 0.981. The molecule has 2 rings (SSSR count). The lowest BCUT2D eigenvalue weighted by Crippen LogP contribution is -2.35. The van der Waals surface area contributed by atoms with Crippen molar-refractivity contribution in [1.29, 1.82) is 0 Å². The molecule has 0 saturated carbocycles. The van der Waals surface area contributed by atoms with Crippen molar-refractivity contribution in [2.45, 2.75) is 6.42 Å². The molecule has 1 amide bonds. The number of nitrogens with zero attached hydrogens (tertiary/aromatic N) is 1. The van der Waals surface area contributed by atoms with Gasteiger partial charge in [-0.15, -0.1) is 0 Å². The summed E-state index contributed by atoms with van der Waals surface area (Å²) in [4.78, 5) is 13.9. The summed E-state index contributed by atoms with van der Waals surface area (Å²) in [6, 6.07) is 7.39. The SMILES string of the molecule is NC(=S)c1ccc(OCCN2CCCNC(=O)C2)cc1. The predicted molar refractivity (Wildman–Crippen MR) is 81.9 cm³/mol. The van der Waals surface area contributed by atoms with Crippen LogP contribution in [0.4, 0.5) is 0 Å². The van der Waals surface area contributed by atoms with Crippen molar-refractivity contribution in [2.24, 2.45) is 5.73 Å². The van der Waals surface area contributed by atoms with E-state index in [1.807, 2.05) is 24.3 Å². The van der Waals surface area contributed by atoms with E-state index in [-0.39, 0.29) is 5.91 Å². The number of rotatable bonds is 5. The first-order chi connectivity index (χ1) is 9.65. The molecule has 6 heteroatoms. The minimum atomic E-state index is 0.0864. The summed E-state index contributed by atoms with van der Waals surface area (Å²) < 4.78 is 5.66. The van der Waals surface area contributed by atoms with Crippen LogP contribution in [0, 0.1) is 0 Å². The fourth-order valence-electron chi connectivity index (χ4n) is 2.07. The van der Waals surface area contributed by atoms with Crippen LogP contribution in [0.3, 0.4) is 0 Å². The van der Waals surface area contributed by atoms with Crippen molar-refractivity contribution < 1.29 is 9.53 Å². The van der Waals surface area contributed by atoms with Crippen LogP contribution in [0.25, 0.3) is 0 Å². The number of benzene rings is 1. The van der Waals surface area contributed by atoms with Crippen molar-refractivity contribution in [3.05, 3.63) is 29.8 Å². The van der Waals surface area contributed by atoms with E-state index in [9.17, 15) is 4.79 Å². The van der Waals surface area contributed by atoms with Gasteiger partial charge in [0, 0.05) is 25.2 Å². The Balaban J connectivity index is 1.77. The number of hydrogen-bond acceptors (Lipinski definition) is 4. The Bertz CT molecular complexity index is 476. The molecule has 1 aromatic carbocycles. The zero-order chi connectivity index (χ0) is 14.4. The van der Waals surface area contributed by atoms with Crippen molar-refractivity contribution in [3.63, 3.8) is 0 Å². The van der Waals surface area contributed by atoms with Crippen LogP contribution in [0.2, 0.25) is 0 Å². The summed E-state index contributed by atoms with van der Waals surface area (Å²) in [5, 5.41) is 2.85. The number of carbonyl (C=O) groups is 1. The summed E-state index contributed by atoms with van der Waals surface area (Å²) in [7, 11) is 0. The molecule has 0 aromatic heterocycles. The Hall–Kier alpha value is -1.66. The van der Waals surface area contributed by atoms with Gasteiger partial charge in [-0.3, -0.25) is 9.69 Å². The van der Waals surface area contributed by atoms with Crippen molar-refractivity contribution in [3.8, 4) is 5.75 Å². The Morgan fingerprint density at radius 3 is 2.85 bits per heavy atom. The number of thiocarbonyl (C=S) groups is 1. The molecule has 1 aliphatic rings. The van der Waals surface area contributed by atoms with E-state index in [0.717, 1.165) is 37.4 Å². The highest BCUT2D eigenvalue weighted by atomic mass is 32.1. The number of nitrogens with two attached hydrogens (primary N) is 1. The largest absolute Gasteiger partial charge is 0.492 e. The quantitative estimate of drug-likeness (QED) is 0.775. The molecule has 0 atom stereocenters. The maximum atomic E-state index is 11.4. The third-order valence-corrected chi connectivity index (χ3v) is 3.39. The second kappa shape index (κ2) is 7.21. The molecule has 1 heterocycles. The van der Waals surface area contributed by atoms with Crippen LogP contribution in [-0.2, 0) is 4.79 Å². The molecule has 0 bridgehead atoms. The average Bonchev–Trinajstić information content (AvgIpc) is 2.64. The van der Waals surface area contributed by atoms with E-state index in [4.69, 9.17) is 22.7 Å². The van der Waals surface area contributed by atoms with E-state index in [1.54, 1.807) is 0 Å². The van der Waals surface area contributed by atoms with E-state index in [0.29, 0.717) is 18.1 Å². The van der Waals surface area contributed by atoms with E-state index < -0.39 is 0 Å². The number of carbonyl (C=O) groups excluding carboxylic acids is 1. The van der Waals surface area contributed by atoms with Gasteiger partial charge >= 0.3 is 0 Å². The zero-order valence-electron chi connectivity index (χ0n) is 11.3. The summed E-state index contributed by atoms with van der Waals surface area (Å²) in [6.45, 7) is 3.42. The van der Waals surface area contributed by atoms with Crippen LogP contribution in [0.5, 0.6) is 5.75 Å². The minimum absolute atomic E-state index is 0.0864. The third-order valence-electron chi connectivity index (χ3n) is 3.16. The first kappa shape index (κ1) is 14.7. The van der Waals surface area contributed by atoms with Crippen molar-refractivity contribution in [2.75, 3.05) is 32.8 Å². The first-order valence-corrected chi connectivity index (χ1v) is 7.08. The lowest BCUT2D eigenvalue weighted by atomic mass is 10.2. The Kier molecular flexibility index (Phi) is 5.31. The molecule has 0 aliphatic carbocycles. The molecule has 1 aromatic rings. The third kappa shape index (κ3) is 4.47. The van der Waals surface area contributed by atoms with E-state index in [2.05, 4.69) is 10.2 Å². The fraction of sp³-hybridized carbons (Fsp3) is 0.429. The van der Waals surface area contributed by atoms with E-state index >= 15 is 0 Å². The second-order valence-corrected chi connectivity index (χ2v) is 5.16. The summed E-state index contributed by atoms with van der Waals surface area (Å²) >= 11 is 4.89. The van der Waals surface area contributed by atoms with Gasteiger partial charge in [-0.25, -0.2) is 0 Å². The maximum Gasteiger partial charge on any atom is 0.234 e. The molecule has 108 valence electrons. The highest BCUT2D eigenvalue weighted by Gasteiger charge is 2.13. The lowest BCUT2D eigenvalue weighted by molar-refractivity contribution is -0.121. The van der Waals surface area contributed by atoms with Gasteiger partial charge in [0.1, 0.15) is 17.3 Å². The van der Waals surface area contributed by atoms with Crippen LogP contribution >= 0.6 is 12.2 Å². The minimum Gasteiger partial charge on any atom is -0.492 e. The molecular formula is C14H19N3O2S. The van der Waals surface area contributed by atoms with Gasteiger partial charge in [-0.05, 0) is 30.7 Å². The molecular weight excluding hydrogens is 274 g/mol. The molecule has 1 fully saturated rings. The Morgan fingerprint density at radius 1 is 1.40 bits per heavy atom. The van der Waals surface area contributed by atoms with Crippen LogP contribution in [-0.4, -0.2) is 48.6 Å². The van der Waals surface area contributed by atoms with Gasteiger partial charge < -0.3 is 15.8 Å². The molecule has 0 unspecified atom stereocenters. The average molecular weight is 293 g/mol. The van der Waals surface area contributed by atoms with Gasteiger partial charge in [-0.1, -0.05) is 12.2 Å². The maximum absolute atomic E-state index is 11.4. The standard InChI is InChI=1S/C14H19N3O2S/c15-14(20)11-2-4-12(5-3-11)19-9-8-17-7-1-6-16-13(18)10-17/h2-5H,1,6-10H2,(H2,15,20)(H,16,18). The van der Waals surface area contributed by atoms with Gasteiger partial charge in [-0.2, -0.15) is 0 Å². The summed E-state index contributed by atoms with van der Waals surface area (Å²) in [5.41, 5.74) is 6.37. The molecule has 5 nitrogen and oxygen atoms in total. The number of hydrogen-bond donors (Lipinski definition) is 2. The monoisotopic (exact) mass is 293 g/mol. The van der Waals surface area contributed by atoms with Crippen molar-refractivity contribution >= 4 is 23.1 Å². The lowest BCUT2D eigenvalue weighted by Gasteiger charge is -2.18. The molecule has 20 heavy (non-hydrogen) atoms. The molecule has 1 saturated heterocycles. The van der Waals surface area contributed by atoms with Gasteiger partial charge in [0.05, 0.1) is 6.54 Å². The molecule has 3 N–H and O–H groups in total. The highest BCUT2D eigenvalue weighted by molar-refractivity contribution is 7.80. The number of nitrogens with one attached hydrogen (secondary N) is 1. The van der Waals surface area contributed by atoms with Crippen LogP contribution in [0.1, 0.15) is 12.0 Å². The van der Waals surface area contributed by atoms with Crippen molar-refractivity contribution in [1.82, 2.24) is 10.2 Å². The molecule has 0 spiro atoms. The molecule has 1 aliphatic heterocycles. The first-order valence-electron chi connectivity index (χ1n) is 6.67. The number of ether oxygens (including phenoxy) is 1. The Labute approximate surface area is 124 Å². The van der Waals surface area contributed by atoms with Crippen LogP contribution < -0.4 is 15.8 Å². The smallest absolute Gasteiger partial charge is 0.234 e. The van der Waals surface area contributed by atoms with E-state index in [1.165, 1.54) is 0 Å². The van der Waals surface area contributed by atoms with Gasteiger partial charge in [0.2, 0.25) is 5.91 Å². The van der Waals surface area contributed by atoms with Gasteiger partial charge in [0.15, 0.2) is 0 Å². The topological polar surface area (TPSA) is 67.6 Å². The predicted octanol–water partition coefficient (Wildman–Crippen LogP) is 0.522. The normalized spacial score (nSPS) is 16.3. The van der Waals surface area contributed by atoms with Gasteiger partial charge in [0.25, 0.3) is 0 Å². The zero-order valence-corrected chi connectivity index (χ0v) is 12.1. The number of amides is 1. The second-order valence-electron chi connectivity index (χ2n) is 4.72. The van der Waals surface area contributed by atoms with Crippen LogP contribution in [0.15, 0.2) is 24.3 Å². The molecule has 0 radical (unpaired) electrons. The fourth-order valence-corrected chi connectivity index (χ4v) is 2.20.